The highest BCUT2D eigenvalue weighted by molar-refractivity contribution is 5.76. The molecule has 10 heteroatoms. The highest BCUT2D eigenvalue weighted by atomic mass is 16.3. The van der Waals surface area contributed by atoms with Crippen LogP contribution >= 0.6 is 0 Å². The fourth-order valence-electron chi connectivity index (χ4n) is 21.0. The molecule has 0 radical (unpaired) electrons. The number of rotatable bonds is 20. The predicted molar refractivity (Wildman–Crippen MR) is 309 cm³/mol. The predicted octanol–water partition coefficient (Wildman–Crippen LogP) is 11.3. The first-order valence-corrected chi connectivity index (χ1v) is 32.2. The van der Waals surface area contributed by atoms with Crippen molar-refractivity contribution >= 4 is 11.8 Å². The van der Waals surface area contributed by atoms with Crippen LogP contribution in [0.1, 0.15) is 221 Å². The summed E-state index contributed by atoms with van der Waals surface area (Å²) in [5, 5.41) is 21.2. The van der Waals surface area contributed by atoms with Gasteiger partial charge in [0.05, 0.1) is 12.2 Å². The standard InChI is InChI=1S/C66H112N6O4/c1-9-11-31-71(59(75)17-13-15-41(3)49-23-25-51-61-53(37-57(69)65(49,51)7)63(5)29-27-47(73)33-45(63)35-55(61)67)39-43-19-21-44(22-20-43)40-72(32-12-10-2)60(76)18-14-16-42(4)50-24-26-52-62-54(38-58(70)66(50,52)8)64(6)30-28-48(74)34-46(64)36-56(62)68/h19-22,41-42,45-58,61-62,73-74H,9-18,23-40,67-70H2,1-8H3/t41-,42-,45+,46+,47-,48-,49-,50-,51+,52+,53+,54+,55-,56-,57+,58+,61+,62+,63+,64+,65-,66-/m1/s1. The van der Waals surface area contributed by atoms with E-state index < -0.39 is 0 Å². The first-order valence-electron chi connectivity index (χ1n) is 32.2. The summed E-state index contributed by atoms with van der Waals surface area (Å²) in [5.41, 5.74) is 32.0. The maximum atomic E-state index is 14.1. The Balaban J connectivity index is 0.750. The smallest absolute Gasteiger partial charge is 0.222 e. The lowest BCUT2D eigenvalue weighted by Crippen LogP contribution is -2.65. The van der Waals surface area contributed by atoms with Crippen molar-refractivity contribution in [2.75, 3.05) is 13.1 Å². The summed E-state index contributed by atoms with van der Waals surface area (Å²) in [5.74, 6) is 6.88. The summed E-state index contributed by atoms with van der Waals surface area (Å²) in [7, 11) is 0. The van der Waals surface area contributed by atoms with E-state index in [9.17, 15) is 19.8 Å². The number of aliphatic hydroxyl groups excluding tert-OH is 2. The van der Waals surface area contributed by atoms with Crippen molar-refractivity contribution in [3.63, 3.8) is 0 Å². The highest BCUT2D eigenvalue weighted by Crippen LogP contribution is 2.70. The second kappa shape index (κ2) is 23.8. The molecular formula is C66H112N6O4. The Morgan fingerprint density at radius 3 is 1.30 bits per heavy atom. The number of hydrogen-bond acceptors (Lipinski definition) is 8. The first-order chi connectivity index (χ1) is 36.2. The normalized spacial score (nSPS) is 43.3. The molecule has 8 saturated carbocycles. The SMILES string of the molecule is CCCCN(Cc1ccc(CN(CCCC)C(=O)CCC[C@@H](C)[C@H]2CC[C@H]3[C@@H]4[C@H](N)C[C@@H]5C[C@H](O)CC[C@]5(C)[C@H]4C[C@H](N)[C@]23C)cc1)C(=O)CCC[C@@H](C)[C@H]1CC[C@H]2[C@@H]3[C@H](N)C[C@@H]4C[C@H](O)CC[C@]4(C)[C@H]3C[C@H](N)[C@]12C. The number of amides is 2. The van der Waals surface area contributed by atoms with E-state index in [4.69, 9.17) is 22.9 Å². The minimum Gasteiger partial charge on any atom is -0.393 e. The zero-order chi connectivity index (χ0) is 54.5. The third-order valence-corrected chi connectivity index (χ3v) is 25.6. The first kappa shape index (κ1) is 58.6. The van der Waals surface area contributed by atoms with Crippen molar-refractivity contribution in [1.82, 2.24) is 9.80 Å². The van der Waals surface area contributed by atoms with Crippen LogP contribution in [0.25, 0.3) is 0 Å². The van der Waals surface area contributed by atoms with E-state index in [0.717, 1.165) is 140 Å². The van der Waals surface area contributed by atoms with E-state index in [0.29, 0.717) is 96.9 Å². The summed E-state index contributed by atoms with van der Waals surface area (Å²) < 4.78 is 0. The summed E-state index contributed by atoms with van der Waals surface area (Å²) in [6, 6.07) is 9.45. The second-order valence-corrected chi connectivity index (χ2v) is 29.3. The molecule has 1 aromatic carbocycles. The molecule has 0 aromatic heterocycles. The van der Waals surface area contributed by atoms with Crippen LogP contribution in [-0.2, 0) is 22.7 Å². The molecule has 0 heterocycles. The molecule has 0 bridgehead atoms. The van der Waals surface area contributed by atoms with Gasteiger partial charge in [-0.05, 0) is 232 Å². The molecule has 8 aliphatic carbocycles. The van der Waals surface area contributed by atoms with Crippen LogP contribution in [-0.4, -0.2) is 81.3 Å². The van der Waals surface area contributed by atoms with Gasteiger partial charge in [0.1, 0.15) is 0 Å². The number of carbonyl (C=O) groups is 2. The lowest BCUT2D eigenvalue weighted by atomic mass is 9.42. The van der Waals surface area contributed by atoms with Gasteiger partial charge in [0.15, 0.2) is 0 Å². The van der Waals surface area contributed by atoms with Crippen LogP contribution in [0.5, 0.6) is 0 Å². The van der Waals surface area contributed by atoms with E-state index in [1.165, 1.54) is 25.7 Å². The Bertz CT molecular complexity index is 1960. The number of benzene rings is 1. The van der Waals surface area contributed by atoms with Gasteiger partial charge in [0, 0.05) is 63.2 Å². The molecule has 0 unspecified atom stereocenters. The number of nitrogens with two attached hydrogens (primary N) is 4. The van der Waals surface area contributed by atoms with Crippen LogP contribution in [0.2, 0.25) is 0 Å². The second-order valence-electron chi connectivity index (χ2n) is 29.3. The molecule has 8 aliphatic rings. The van der Waals surface area contributed by atoms with Gasteiger partial charge < -0.3 is 42.9 Å². The Kier molecular flexibility index (Phi) is 18.3. The van der Waals surface area contributed by atoms with E-state index >= 15 is 0 Å². The molecule has 76 heavy (non-hydrogen) atoms. The van der Waals surface area contributed by atoms with Crippen molar-refractivity contribution in [2.24, 2.45) is 116 Å². The third-order valence-electron chi connectivity index (χ3n) is 25.6. The van der Waals surface area contributed by atoms with E-state index in [2.05, 4.69) is 89.5 Å². The van der Waals surface area contributed by atoms with E-state index in [-0.39, 0.29) is 69.8 Å². The minimum absolute atomic E-state index is 0.0715. The Hall–Kier alpha value is -2.08. The van der Waals surface area contributed by atoms with E-state index in [1.54, 1.807) is 0 Å². The van der Waals surface area contributed by atoms with Crippen molar-refractivity contribution in [1.29, 1.82) is 0 Å². The Morgan fingerprint density at radius 2 is 0.934 bits per heavy atom. The fourth-order valence-corrected chi connectivity index (χ4v) is 21.0. The van der Waals surface area contributed by atoms with Crippen LogP contribution in [0, 0.1) is 92.7 Å². The monoisotopic (exact) mass is 1050 g/mol. The van der Waals surface area contributed by atoms with Crippen molar-refractivity contribution in [2.45, 2.75) is 259 Å². The van der Waals surface area contributed by atoms with Crippen molar-refractivity contribution in [3.05, 3.63) is 35.4 Å². The zero-order valence-electron chi connectivity index (χ0n) is 49.4. The molecule has 9 rings (SSSR count). The Morgan fingerprint density at radius 1 is 0.553 bits per heavy atom. The van der Waals surface area contributed by atoms with Gasteiger partial charge in [-0.25, -0.2) is 0 Å². The maximum absolute atomic E-state index is 14.1. The van der Waals surface area contributed by atoms with Crippen molar-refractivity contribution < 1.29 is 19.8 Å². The highest BCUT2D eigenvalue weighted by Gasteiger charge is 2.66. The van der Waals surface area contributed by atoms with E-state index in [1.807, 2.05) is 0 Å². The molecule has 8 fully saturated rings. The van der Waals surface area contributed by atoms with Crippen LogP contribution in [0.15, 0.2) is 24.3 Å². The number of unbranched alkanes of at least 4 members (excludes halogenated alkanes) is 2. The van der Waals surface area contributed by atoms with Gasteiger partial charge in [-0.15, -0.1) is 0 Å². The van der Waals surface area contributed by atoms with Crippen LogP contribution in [0.3, 0.4) is 0 Å². The topological polar surface area (TPSA) is 185 Å². The van der Waals surface area contributed by atoms with Crippen LogP contribution < -0.4 is 22.9 Å². The Labute approximate surface area is 462 Å². The lowest BCUT2D eigenvalue weighted by molar-refractivity contribution is -0.143. The molecule has 0 spiro atoms. The molecule has 430 valence electrons. The largest absolute Gasteiger partial charge is 0.393 e. The van der Waals surface area contributed by atoms with Crippen molar-refractivity contribution in [3.8, 4) is 0 Å². The average molecular weight is 1050 g/mol. The van der Waals surface area contributed by atoms with Crippen LogP contribution in [0.4, 0.5) is 0 Å². The summed E-state index contributed by atoms with van der Waals surface area (Å²) in [6.45, 7) is 22.1. The number of fused-ring (bicyclic) bond motifs is 10. The maximum Gasteiger partial charge on any atom is 0.222 e. The van der Waals surface area contributed by atoms with Gasteiger partial charge in [0.2, 0.25) is 11.8 Å². The minimum atomic E-state index is -0.179. The fraction of sp³-hybridized carbons (Fsp3) is 0.879. The molecule has 2 amide bonds. The summed E-state index contributed by atoms with van der Waals surface area (Å²) >= 11 is 0. The average Bonchev–Trinajstić information content (AvgIpc) is 3.95. The number of hydrogen-bond donors (Lipinski definition) is 6. The van der Waals surface area contributed by atoms with Gasteiger partial charge in [0.25, 0.3) is 0 Å². The molecule has 0 aliphatic heterocycles. The van der Waals surface area contributed by atoms with Gasteiger partial charge in [-0.1, -0.05) is 92.5 Å². The molecule has 1 aromatic rings. The molecule has 10 nitrogen and oxygen atoms in total. The number of aliphatic hydroxyl groups is 2. The molecule has 0 saturated heterocycles. The lowest BCUT2D eigenvalue weighted by Gasteiger charge is -2.64. The zero-order valence-corrected chi connectivity index (χ0v) is 49.4. The molecular weight excluding hydrogens is 941 g/mol. The molecule has 10 N–H and O–H groups in total. The molecule has 22 atom stereocenters. The quantitative estimate of drug-likeness (QED) is 0.0745. The third kappa shape index (κ3) is 10.9. The number of nitrogens with zero attached hydrogens (tertiary/aromatic N) is 2. The van der Waals surface area contributed by atoms with Gasteiger partial charge >= 0.3 is 0 Å². The van der Waals surface area contributed by atoms with Gasteiger partial charge in [-0.3, -0.25) is 9.59 Å². The summed E-state index contributed by atoms with van der Waals surface area (Å²) in [4.78, 5) is 32.4. The number of carbonyl (C=O) groups excluding carboxylic acids is 2. The van der Waals surface area contributed by atoms with Gasteiger partial charge in [-0.2, -0.15) is 0 Å². The summed E-state index contributed by atoms with van der Waals surface area (Å²) in [6.07, 6.45) is 23.7.